The molecule has 0 amide bonds. The molecule has 2 rings (SSSR count). The van der Waals surface area contributed by atoms with Crippen molar-refractivity contribution in [3.8, 4) is 0 Å². The highest BCUT2D eigenvalue weighted by molar-refractivity contribution is 5.43. The number of rotatable bonds is 4. The van der Waals surface area contributed by atoms with E-state index in [2.05, 4.69) is 22.5 Å². The van der Waals surface area contributed by atoms with Crippen LogP contribution < -0.4 is 11.3 Å². The molecule has 0 aliphatic carbocycles. The zero-order chi connectivity index (χ0) is 13.2. The maximum Gasteiger partial charge on any atom is 0.0594 e. The summed E-state index contributed by atoms with van der Waals surface area (Å²) >= 11 is 0. The van der Waals surface area contributed by atoms with Gasteiger partial charge in [-0.15, -0.1) is 0 Å². The van der Waals surface area contributed by atoms with Gasteiger partial charge in [0.25, 0.3) is 0 Å². The average molecular weight is 251 g/mol. The van der Waals surface area contributed by atoms with Gasteiger partial charge in [-0.2, -0.15) is 0 Å². The fraction of sp³-hybridized carbons (Fsp3) is 0.571. The SMILES string of the molecule is CC.NNc1ccc(CCN2CCOCC2)cc1. The highest BCUT2D eigenvalue weighted by Gasteiger charge is 2.09. The number of hydrogen-bond donors (Lipinski definition) is 2. The molecule has 1 fully saturated rings. The van der Waals surface area contributed by atoms with Crippen LogP contribution in [0.4, 0.5) is 5.69 Å². The Bertz CT molecular complexity index is 307. The van der Waals surface area contributed by atoms with Crippen LogP contribution in [-0.2, 0) is 11.2 Å². The van der Waals surface area contributed by atoms with Gasteiger partial charge in [-0.3, -0.25) is 10.7 Å². The van der Waals surface area contributed by atoms with E-state index >= 15 is 0 Å². The Labute approximate surface area is 110 Å². The minimum Gasteiger partial charge on any atom is -0.379 e. The van der Waals surface area contributed by atoms with Crippen LogP contribution in [0.2, 0.25) is 0 Å². The summed E-state index contributed by atoms with van der Waals surface area (Å²) < 4.78 is 5.32. The van der Waals surface area contributed by atoms with E-state index in [4.69, 9.17) is 10.6 Å². The molecule has 102 valence electrons. The summed E-state index contributed by atoms with van der Waals surface area (Å²) in [6.45, 7) is 8.97. The zero-order valence-corrected chi connectivity index (χ0v) is 11.5. The van der Waals surface area contributed by atoms with Crippen LogP contribution in [-0.4, -0.2) is 37.7 Å². The maximum atomic E-state index is 5.32. The molecule has 4 heteroatoms. The van der Waals surface area contributed by atoms with Crippen molar-refractivity contribution in [1.82, 2.24) is 4.90 Å². The lowest BCUT2D eigenvalue weighted by molar-refractivity contribution is 0.0384. The summed E-state index contributed by atoms with van der Waals surface area (Å²) in [7, 11) is 0. The Morgan fingerprint density at radius 3 is 2.33 bits per heavy atom. The molecule has 1 heterocycles. The summed E-state index contributed by atoms with van der Waals surface area (Å²) in [6, 6.07) is 8.26. The van der Waals surface area contributed by atoms with Crippen molar-refractivity contribution in [3.05, 3.63) is 29.8 Å². The molecule has 0 atom stereocenters. The number of ether oxygens (including phenoxy) is 1. The lowest BCUT2D eigenvalue weighted by atomic mass is 10.1. The molecule has 0 saturated carbocycles. The van der Waals surface area contributed by atoms with E-state index in [-0.39, 0.29) is 0 Å². The van der Waals surface area contributed by atoms with Crippen LogP contribution in [0.3, 0.4) is 0 Å². The monoisotopic (exact) mass is 251 g/mol. The molecule has 1 saturated heterocycles. The van der Waals surface area contributed by atoms with E-state index in [9.17, 15) is 0 Å². The third-order valence-electron chi connectivity index (χ3n) is 2.94. The van der Waals surface area contributed by atoms with Gasteiger partial charge < -0.3 is 10.2 Å². The number of hydrazine groups is 1. The van der Waals surface area contributed by atoms with Crippen molar-refractivity contribution < 1.29 is 4.74 Å². The Balaban J connectivity index is 0.000000771. The number of nitrogens with one attached hydrogen (secondary N) is 1. The van der Waals surface area contributed by atoms with Crippen LogP contribution in [0.25, 0.3) is 0 Å². The van der Waals surface area contributed by atoms with Crippen LogP contribution in [0, 0.1) is 0 Å². The van der Waals surface area contributed by atoms with E-state index in [1.807, 2.05) is 26.0 Å². The van der Waals surface area contributed by atoms with E-state index in [1.165, 1.54) is 5.56 Å². The zero-order valence-electron chi connectivity index (χ0n) is 11.5. The number of nitrogen functional groups attached to an aromatic ring is 1. The van der Waals surface area contributed by atoms with Crippen molar-refractivity contribution in [2.45, 2.75) is 20.3 Å². The quantitative estimate of drug-likeness (QED) is 0.633. The van der Waals surface area contributed by atoms with Crippen LogP contribution in [0.5, 0.6) is 0 Å². The van der Waals surface area contributed by atoms with Gasteiger partial charge in [0.05, 0.1) is 13.2 Å². The molecule has 4 nitrogen and oxygen atoms in total. The standard InChI is InChI=1S/C12H19N3O.C2H6/c13-14-12-3-1-11(2-4-12)5-6-15-7-9-16-10-8-15;1-2/h1-4,14H,5-10,13H2;1-2H3. The second kappa shape index (κ2) is 8.91. The minimum absolute atomic E-state index is 0.871. The lowest BCUT2D eigenvalue weighted by Crippen LogP contribution is -2.37. The van der Waals surface area contributed by atoms with E-state index in [0.29, 0.717) is 0 Å². The number of morpholine rings is 1. The predicted molar refractivity (Wildman–Crippen MR) is 76.6 cm³/mol. The number of anilines is 1. The second-order valence-electron chi connectivity index (χ2n) is 4.05. The van der Waals surface area contributed by atoms with Crippen LogP contribution >= 0.6 is 0 Å². The lowest BCUT2D eigenvalue weighted by Gasteiger charge is -2.26. The summed E-state index contributed by atoms with van der Waals surface area (Å²) in [6.07, 6.45) is 1.09. The topological polar surface area (TPSA) is 50.5 Å². The van der Waals surface area contributed by atoms with Crippen molar-refractivity contribution in [2.75, 3.05) is 38.3 Å². The predicted octanol–water partition coefficient (Wildman–Crippen LogP) is 1.87. The van der Waals surface area contributed by atoms with Gasteiger partial charge in [0.15, 0.2) is 0 Å². The molecular formula is C14H25N3O. The molecule has 1 aromatic rings. The third kappa shape index (κ3) is 5.04. The summed E-state index contributed by atoms with van der Waals surface area (Å²) in [5, 5.41) is 0. The Kier molecular flexibility index (Phi) is 7.41. The summed E-state index contributed by atoms with van der Waals surface area (Å²) in [4.78, 5) is 2.44. The van der Waals surface area contributed by atoms with E-state index in [0.717, 1.165) is 45.0 Å². The molecule has 0 spiro atoms. The smallest absolute Gasteiger partial charge is 0.0594 e. The first-order chi connectivity index (χ1) is 8.88. The molecule has 0 radical (unpaired) electrons. The van der Waals surface area contributed by atoms with Crippen LogP contribution in [0.15, 0.2) is 24.3 Å². The van der Waals surface area contributed by atoms with Crippen molar-refractivity contribution in [2.24, 2.45) is 5.84 Å². The Morgan fingerprint density at radius 2 is 1.78 bits per heavy atom. The fourth-order valence-electron chi connectivity index (χ4n) is 1.88. The van der Waals surface area contributed by atoms with Crippen LogP contribution in [0.1, 0.15) is 19.4 Å². The number of nitrogens with zero attached hydrogens (tertiary/aromatic N) is 1. The first-order valence-electron chi connectivity index (χ1n) is 6.74. The Hall–Kier alpha value is -1.10. The Morgan fingerprint density at radius 1 is 1.17 bits per heavy atom. The maximum absolute atomic E-state index is 5.32. The number of benzene rings is 1. The highest BCUT2D eigenvalue weighted by atomic mass is 16.5. The summed E-state index contributed by atoms with van der Waals surface area (Å²) in [5.74, 6) is 5.32. The van der Waals surface area contributed by atoms with Gasteiger partial charge in [0.1, 0.15) is 0 Å². The largest absolute Gasteiger partial charge is 0.379 e. The first kappa shape index (κ1) is 15.0. The van der Waals surface area contributed by atoms with Gasteiger partial charge in [-0.05, 0) is 24.1 Å². The molecule has 1 aliphatic rings. The van der Waals surface area contributed by atoms with Gasteiger partial charge in [0, 0.05) is 25.3 Å². The molecule has 0 bridgehead atoms. The van der Waals surface area contributed by atoms with Gasteiger partial charge >= 0.3 is 0 Å². The highest BCUT2D eigenvalue weighted by Crippen LogP contribution is 2.09. The van der Waals surface area contributed by atoms with Gasteiger partial charge in [-0.25, -0.2) is 0 Å². The molecule has 0 unspecified atom stereocenters. The number of hydrogen-bond acceptors (Lipinski definition) is 4. The average Bonchev–Trinajstić information content (AvgIpc) is 2.49. The minimum atomic E-state index is 0.871. The first-order valence-corrected chi connectivity index (χ1v) is 6.74. The molecule has 1 aliphatic heterocycles. The molecule has 0 aromatic heterocycles. The molecule has 3 N–H and O–H groups in total. The third-order valence-corrected chi connectivity index (χ3v) is 2.94. The fourth-order valence-corrected chi connectivity index (χ4v) is 1.88. The van der Waals surface area contributed by atoms with Crippen molar-refractivity contribution >= 4 is 5.69 Å². The van der Waals surface area contributed by atoms with E-state index in [1.54, 1.807) is 0 Å². The number of nitrogens with two attached hydrogens (primary N) is 1. The van der Waals surface area contributed by atoms with Crippen molar-refractivity contribution in [3.63, 3.8) is 0 Å². The second-order valence-corrected chi connectivity index (χ2v) is 4.05. The molecule has 18 heavy (non-hydrogen) atoms. The van der Waals surface area contributed by atoms with Gasteiger partial charge in [-0.1, -0.05) is 26.0 Å². The summed E-state index contributed by atoms with van der Waals surface area (Å²) in [5.41, 5.74) is 4.94. The van der Waals surface area contributed by atoms with Gasteiger partial charge in [0.2, 0.25) is 0 Å². The van der Waals surface area contributed by atoms with Crippen molar-refractivity contribution in [1.29, 1.82) is 0 Å². The normalized spacial score (nSPS) is 15.7. The molecule has 1 aromatic carbocycles. The van der Waals surface area contributed by atoms with E-state index < -0.39 is 0 Å². The molecular weight excluding hydrogens is 226 g/mol.